The Morgan fingerprint density at radius 1 is 1.28 bits per heavy atom. The molecule has 0 heterocycles. The smallest absolute Gasteiger partial charge is 0.337 e. The molecule has 0 fully saturated rings. The van der Waals surface area contributed by atoms with Crippen LogP contribution in [-0.4, -0.2) is 37.5 Å². The van der Waals surface area contributed by atoms with Crippen molar-refractivity contribution in [3.8, 4) is 11.5 Å². The average molecular weight is 256 g/mol. The fourth-order valence-corrected chi connectivity index (χ4v) is 1.70. The lowest BCUT2D eigenvalue weighted by atomic mass is 10.0. The molecule has 0 aromatic heterocycles. The van der Waals surface area contributed by atoms with E-state index in [9.17, 15) is 9.90 Å². The largest absolute Gasteiger partial charge is 0.493 e. The number of methoxy groups -OCH3 is 3. The maximum Gasteiger partial charge on any atom is 0.337 e. The molecule has 18 heavy (non-hydrogen) atoms. The van der Waals surface area contributed by atoms with E-state index in [0.29, 0.717) is 11.3 Å². The fourth-order valence-electron chi connectivity index (χ4n) is 1.70. The molecule has 2 N–H and O–H groups in total. The first-order valence-corrected chi connectivity index (χ1v) is 5.20. The van der Waals surface area contributed by atoms with Crippen LogP contribution in [0.4, 0.5) is 0 Å². The summed E-state index contributed by atoms with van der Waals surface area (Å²) in [6.45, 7) is 0.167. The molecular formula is C12H16O6. The van der Waals surface area contributed by atoms with Crippen LogP contribution in [0.2, 0.25) is 0 Å². The molecule has 6 nitrogen and oxygen atoms in total. The van der Waals surface area contributed by atoms with E-state index in [-0.39, 0.29) is 17.9 Å². The van der Waals surface area contributed by atoms with Crippen molar-refractivity contribution < 1.29 is 29.2 Å². The third-order valence-corrected chi connectivity index (χ3v) is 2.48. The maximum atomic E-state index is 10.9. The molecule has 0 spiro atoms. The van der Waals surface area contributed by atoms with Crippen molar-refractivity contribution in [2.75, 3.05) is 21.3 Å². The summed E-state index contributed by atoms with van der Waals surface area (Å²) in [5.74, 6) is -0.812. The van der Waals surface area contributed by atoms with Crippen molar-refractivity contribution in [2.24, 2.45) is 0 Å². The van der Waals surface area contributed by atoms with Crippen molar-refractivity contribution >= 4 is 5.97 Å². The molecule has 1 unspecified atom stereocenters. The van der Waals surface area contributed by atoms with Gasteiger partial charge in [-0.1, -0.05) is 6.07 Å². The number of carboxylic acid groups (broad SMARTS) is 1. The first kappa shape index (κ1) is 14.3. The molecule has 0 saturated heterocycles. The first-order chi connectivity index (χ1) is 8.56. The Bertz CT molecular complexity index is 429. The molecule has 0 aliphatic rings. The van der Waals surface area contributed by atoms with Gasteiger partial charge in [0, 0.05) is 12.7 Å². The molecule has 0 radical (unpaired) electrons. The Labute approximate surface area is 105 Å². The number of carbonyl (C=O) groups is 1. The zero-order valence-electron chi connectivity index (χ0n) is 10.5. The Balaban J connectivity index is 3.42. The van der Waals surface area contributed by atoms with E-state index in [2.05, 4.69) is 0 Å². The molecule has 0 saturated carbocycles. The molecule has 1 atom stereocenters. The van der Waals surface area contributed by atoms with Crippen LogP contribution in [0.1, 0.15) is 17.2 Å². The van der Waals surface area contributed by atoms with Gasteiger partial charge in [0.15, 0.2) is 17.6 Å². The zero-order chi connectivity index (χ0) is 13.7. The molecule has 0 amide bonds. The zero-order valence-corrected chi connectivity index (χ0v) is 10.5. The summed E-state index contributed by atoms with van der Waals surface area (Å²) < 4.78 is 15.2. The lowest BCUT2D eigenvalue weighted by molar-refractivity contribution is -0.147. The number of rotatable bonds is 6. The minimum atomic E-state index is -1.69. The third kappa shape index (κ3) is 2.72. The summed E-state index contributed by atoms with van der Waals surface area (Å²) in [5, 5.41) is 18.7. The Hall–Kier alpha value is -1.79. The van der Waals surface area contributed by atoms with Gasteiger partial charge >= 0.3 is 5.97 Å². The van der Waals surface area contributed by atoms with Crippen LogP contribution in [-0.2, 0) is 16.1 Å². The highest BCUT2D eigenvalue weighted by atomic mass is 16.5. The van der Waals surface area contributed by atoms with Crippen molar-refractivity contribution in [1.82, 2.24) is 0 Å². The Morgan fingerprint density at radius 2 is 1.94 bits per heavy atom. The highest BCUT2D eigenvalue weighted by Gasteiger charge is 2.26. The Morgan fingerprint density at radius 3 is 2.39 bits per heavy atom. The predicted molar refractivity (Wildman–Crippen MR) is 62.9 cm³/mol. The number of hydrogen-bond acceptors (Lipinski definition) is 5. The summed E-state index contributed by atoms with van der Waals surface area (Å²) in [4.78, 5) is 10.9. The molecule has 0 aliphatic carbocycles. The monoisotopic (exact) mass is 256 g/mol. The molecular weight excluding hydrogens is 240 g/mol. The molecule has 6 heteroatoms. The van der Waals surface area contributed by atoms with Gasteiger partial charge in [0.05, 0.1) is 20.8 Å². The molecule has 1 aromatic carbocycles. The van der Waals surface area contributed by atoms with Gasteiger partial charge in [0.2, 0.25) is 0 Å². The second-order valence-electron chi connectivity index (χ2n) is 3.55. The van der Waals surface area contributed by atoms with Gasteiger partial charge in [0.1, 0.15) is 0 Å². The second kappa shape index (κ2) is 6.23. The van der Waals surface area contributed by atoms with Crippen LogP contribution >= 0.6 is 0 Å². The van der Waals surface area contributed by atoms with Crippen LogP contribution in [0.25, 0.3) is 0 Å². The third-order valence-electron chi connectivity index (χ3n) is 2.48. The second-order valence-corrected chi connectivity index (χ2v) is 3.55. The van der Waals surface area contributed by atoms with Gasteiger partial charge in [-0.05, 0) is 11.6 Å². The summed E-state index contributed by atoms with van der Waals surface area (Å²) in [5.41, 5.74) is 0.677. The predicted octanol–water partition coefficient (Wildman–Crippen LogP) is 0.968. The topological polar surface area (TPSA) is 85.2 Å². The highest BCUT2D eigenvalue weighted by Crippen LogP contribution is 2.37. The van der Waals surface area contributed by atoms with Gasteiger partial charge in [-0.25, -0.2) is 4.79 Å². The van der Waals surface area contributed by atoms with Crippen molar-refractivity contribution in [2.45, 2.75) is 12.7 Å². The molecule has 1 rings (SSSR count). The molecule has 1 aromatic rings. The summed E-state index contributed by atoms with van der Waals surface area (Å²) >= 11 is 0. The van der Waals surface area contributed by atoms with Gasteiger partial charge in [-0.3, -0.25) is 0 Å². The number of benzene rings is 1. The number of hydrogen-bond donors (Lipinski definition) is 2. The van der Waals surface area contributed by atoms with Crippen LogP contribution in [0.5, 0.6) is 11.5 Å². The van der Waals surface area contributed by atoms with E-state index in [1.165, 1.54) is 21.3 Å². The van der Waals surface area contributed by atoms with Crippen LogP contribution < -0.4 is 9.47 Å². The number of aliphatic carboxylic acids is 1. The van der Waals surface area contributed by atoms with E-state index in [1.54, 1.807) is 12.1 Å². The van der Waals surface area contributed by atoms with E-state index in [0.717, 1.165) is 0 Å². The summed E-state index contributed by atoms with van der Waals surface area (Å²) in [6.07, 6.45) is -1.69. The van der Waals surface area contributed by atoms with Gasteiger partial charge in [-0.15, -0.1) is 0 Å². The number of carboxylic acids is 1. The fraction of sp³-hybridized carbons (Fsp3) is 0.417. The molecule has 0 bridgehead atoms. The first-order valence-electron chi connectivity index (χ1n) is 5.20. The van der Waals surface area contributed by atoms with Crippen LogP contribution in [0, 0.1) is 0 Å². The minimum absolute atomic E-state index is 0.145. The van der Waals surface area contributed by atoms with Gasteiger partial charge in [0.25, 0.3) is 0 Å². The normalized spacial score (nSPS) is 12.0. The molecule has 0 aliphatic heterocycles. The highest BCUT2D eigenvalue weighted by molar-refractivity contribution is 5.76. The maximum absolute atomic E-state index is 10.9. The van der Waals surface area contributed by atoms with E-state index >= 15 is 0 Å². The van der Waals surface area contributed by atoms with Crippen LogP contribution in [0.3, 0.4) is 0 Å². The van der Waals surface area contributed by atoms with Gasteiger partial charge in [-0.2, -0.15) is 0 Å². The summed E-state index contributed by atoms with van der Waals surface area (Å²) in [6, 6.07) is 3.26. The standard InChI is InChI=1S/C12H16O6/c1-16-6-7-4-5-8(17-2)11(18-3)9(7)10(13)12(14)15/h4-5,10,13H,6H2,1-3H3,(H,14,15). The van der Waals surface area contributed by atoms with E-state index in [4.69, 9.17) is 19.3 Å². The lowest BCUT2D eigenvalue weighted by Crippen LogP contribution is -2.15. The van der Waals surface area contributed by atoms with Crippen molar-refractivity contribution in [3.05, 3.63) is 23.3 Å². The van der Waals surface area contributed by atoms with E-state index in [1.807, 2.05) is 0 Å². The average Bonchev–Trinajstić information content (AvgIpc) is 2.37. The van der Waals surface area contributed by atoms with Gasteiger partial charge < -0.3 is 24.4 Å². The number of aliphatic hydroxyl groups is 1. The van der Waals surface area contributed by atoms with Crippen molar-refractivity contribution in [1.29, 1.82) is 0 Å². The van der Waals surface area contributed by atoms with Crippen LogP contribution in [0.15, 0.2) is 12.1 Å². The number of aliphatic hydroxyl groups excluding tert-OH is 1. The quantitative estimate of drug-likeness (QED) is 0.788. The Kier molecular flexibility index (Phi) is 4.94. The van der Waals surface area contributed by atoms with Crippen molar-refractivity contribution in [3.63, 3.8) is 0 Å². The molecule has 100 valence electrons. The SMILES string of the molecule is COCc1ccc(OC)c(OC)c1C(O)C(=O)O. The van der Waals surface area contributed by atoms with E-state index < -0.39 is 12.1 Å². The summed E-state index contributed by atoms with van der Waals surface area (Å²) in [7, 11) is 4.30. The lowest BCUT2D eigenvalue weighted by Gasteiger charge is -2.18. The number of ether oxygens (including phenoxy) is 3. The minimum Gasteiger partial charge on any atom is -0.493 e.